The number of hydrogen-bond donors (Lipinski definition) is 2. The number of benzene rings is 2. The minimum absolute atomic E-state index is 0.00641. The van der Waals surface area contributed by atoms with Crippen LogP contribution in [0, 0.1) is 0 Å². The van der Waals surface area contributed by atoms with Gasteiger partial charge in [-0.3, -0.25) is 4.79 Å². The summed E-state index contributed by atoms with van der Waals surface area (Å²) in [7, 11) is 0. The predicted molar refractivity (Wildman–Crippen MR) is 104 cm³/mol. The highest BCUT2D eigenvalue weighted by atomic mass is 19.3. The first-order chi connectivity index (χ1) is 14.0. The summed E-state index contributed by atoms with van der Waals surface area (Å²) in [5, 5.41) is 5.73. The van der Waals surface area contributed by atoms with Gasteiger partial charge in [0.05, 0.1) is 0 Å². The number of carbonyl (C=O) groups excluding carboxylic acids is 2. The van der Waals surface area contributed by atoms with E-state index < -0.39 is 6.61 Å². The summed E-state index contributed by atoms with van der Waals surface area (Å²) in [6.07, 6.45) is 1.30. The lowest BCUT2D eigenvalue weighted by atomic mass is 10.0. The molecule has 0 aromatic heterocycles. The molecule has 1 fully saturated rings. The third kappa shape index (κ3) is 5.91. The molecule has 6 nitrogen and oxygen atoms in total. The maximum Gasteiger partial charge on any atom is 0.387 e. The Balaban J connectivity index is 1.45. The molecule has 3 rings (SSSR count). The first-order valence-corrected chi connectivity index (χ1v) is 9.44. The maximum atomic E-state index is 12.5. The quantitative estimate of drug-likeness (QED) is 0.777. The zero-order valence-electron chi connectivity index (χ0n) is 15.8. The average molecular weight is 403 g/mol. The van der Waals surface area contributed by atoms with Gasteiger partial charge in [0.1, 0.15) is 5.75 Å². The predicted octanol–water partition coefficient (Wildman–Crippen LogP) is 3.39. The van der Waals surface area contributed by atoms with Crippen LogP contribution in [0.25, 0.3) is 0 Å². The summed E-state index contributed by atoms with van der Waals surface area (Å²) in [6.45, 7) is -1.83. The lowest BCUT2D eigenvalue weighted by Gasteiger charge is -2.32. The minimum atomic E-state index is -2.92. The molecule has 8 heteroatoms. The Morgan fingerprint density at radius 2 is 1.69 bits per heavy atom. The number of halogens is 2. The van der Waals surface area contributed by atoms with E-state index in [2.05, 4.69) is 15.4 Å². The summed E-state index contributed by atoms with van der Waals surface area (Å²) in [6, 6.07) is 15.1. The van der Waals surface area contributed by atoms with Crippen molar-refractivity contribution in [1.29, 1.82) is 0 Å². The zero-order chi connectivity index (χ0) is 20.6. The second-order valence-corrected chi connectivity index (χ2v) is 6.75. The molecular weight excluding hydrogens is 380 g/mol. The van der Waals surface area contributed by atoms with Crippen LogP contribution in [-0.2, 0) is 6.54 Å². The van der Waals surface area contributed by atoms with Gasteiger partial charge in [-0.25, -0.2) is 4.79 Å². The number of nitrogens with zero attached hydrogens (tertiary/aromatic N) is 1. The molecule has 1 saturated heterocycles. The Labute approximate surface area is 167 Å². The second kappa shape index (κ2) is 9.86. The Hall–Kier alpha value is -3.16. The largest absolute Gasteiger partial charge is 0.434 e. The van der Waals surface area contributed by atoms with Gasteiger partial charge in [0, 0.05) is 36.8 Å². The fraction of sp³-hybridized carbons (Fsp3) is 0.333. The molecule has 29 heavy (non-hydrogen) atoms. The molecule has 2 N–H and O–H groups in total. The number of amides is 3. The van der Waals surface area contributed by atoms with Crippen LogP contribution in [0.5, 0.6) is 5.75 Å². The topological polar surface area (TPSA) is 70.7 Å². The van der Waals surface area contributed by atoms with Crippen molar-refractivity contribution in [3.63, 3.8) is 0 Å². The van der Waals surface area contributed by atoms with Crippen LogP contribution in [-0.4, -0.2) is 42.6 Å². The van der Waals surface area contributed by atoms with Crippen molar-refractivity contribution in [1.82, 2.24) is 15.5 Å². The van der Waals surface area contributed by atoms with Gasteiger partial charge >= 0.3 is 12.6 Å². The molecule has 0 saturated carbocycles. The molecular formula is C21H23F2N3O3. The Kier molecular flexibility index (Phi) is 6.99. The minimum Gasteiger partial charge on any atom is -0.434 e. The van der Waals surface area contributed by atoms with Crippen molar-refractivity contribution < 1.29 is 23.1 Å². The number of hydrogen-bond acceptors (Lipinski definition) is 3. The van der Waals surface area contributed by atoms with Crippen LogP contribution in [0.1, 0.15) is 28.8 Å². The van der Waals surface area contributed by atoms with Crippen molar-refractivity contribution in [3.8, 4) is 5.75 Å². The summed E-state index contributed by atoms with van der Waals surface area (Å²) < 4.78 is 29.4. The average Bonchev–Trinajstić information content (AvgIpc) is 2.73. The molecule has 2 aromatic carbocycles. The van der Waals surface area contributed by atoms with Crippen molar-refractivity contribution in [3.05, 3.63) is 65.7 Å². The highest BCUT2D eigenvalue weighted by molar-refractivity contribution is 5.94. The van der Waals surface area contributed by atoms with Gasteiger partial charge in [0.25, 0.3) is 5.91 Å². The van der Waals surface area contributed by atoms with E-state index in [9.17, 15) is 18.4 Å². The van der Waals surface area contributed by atoms with Crippen molar-refractivity contribution >= 4 is 11.9 Å². The Bertz CT molecular complexity index is 825. The van der Waals surface area contributed by atoms with E-state index in [1.54, 1.807) is 35.2 Å². The second-order valence-electron chi connectivity index (χ2n) is 6.75. The molecule has 0 atom stereocenters. The third-order valence-corrected chi connectivity index (χ3v) is 4.77. The van der Waals surface area contributed by atoms with Crippen molar-refractivity contribution in [2.24, 2.45) is 0 Å². The highest BCUT2D eigenvalue weighted by Gasteiger charge is 2.24. The monoisotopic (exact) mass is 403 g/mol. The normalized spacial score (nSPS) is 14.5. The van der Waals surface area contributed by atoms with Gasteiger partial charge in [-0.2, -0.15) is 8.78 Å². The SMILES string of the molecule is O=C(NC1CCN(C(=O)NCc2ccccc2OC(F)F)CC1)c1ccccc1. The number of para-hydroxylation sites is 1. The van der Waals surface area contributed by atoms with Crippen molar-refractivity contribution in [2.45, 2.75) is 32.0 Å². The maximum absolute atomic E-state index is 12.5. The lowest BCUT2D eigenvalue weighted by molar-refractivity contribution is -0.0504. The van der Waals surface area contributed by atoms with E-state index in [0.717, 1.165) is 0 Å². The number of piperidine rings is 1. The van der Waals surface area contributed by atoms with Crippen LogP contribution in [0.15, 0.2) is 54.6 Å². The van der Waals surface area contributed by atoms with E-state index in [1.807, 2.05) is 18.2 Å². The van der Waals surface area contributed by atoms with Gasteiger partial charge in [0.2, 0.25) is 0 Å². The first kappa shape index (κ1) is 20.6. The standard InChI is InChI=1S/C21H23F2N3O3/c22-20(23)29-18-9-5-4-8-16(18)14-24-21(28)26-12-10-17(11-13-26)25-19(27)15-6-2-1-3-7-15/h1-9,17,20H,10-14H2,(H,24,28)(H,25,27). The van der Waals surface area contributed by atoms with Crippen LogP contribution in [0.3, 0.4) is 0 Å². The van der Waals surface area contributed by atoms with Gasteiger partial charge in [-0.05, 0) is 31.0 Å². The van der Waals surface area contributed by atoms with E-state index >= 15 is 0 Å². The molecule has 3 amide bonds. The van der Waals surface area contributed by atoms with Gasteiger partial charge in [-0.1, -0.05) is 36.4 Å². The van der Waals surface area contributed by atoms with Crippen LogP contribution in [0.2, 0.25) is 0 Å². The van der Waals surface area contributed by atoms with Crippen LogP contribution in [0.4, 0.5) is 13.6 Å². The van der Waals surface area contributed by atoms with E-state index in [-0.39, 0.29) is 30.3 Å². The molecule has 154 valence electrons. The molecule has 2 aromatic rings. The summed E-state index contributed by atoms with van der Waals surface area (Å²) >= 11 is 0. The fourth-order valence-corrected chi connectivity index (χ4v) is 3.23. The van der Waals surface area contributed by atoms with E-state index in [1.165, 1.54) is 6.07 Å². The summed E-state index contributed by atoms with van der Waals surface area (Å²) in [5.41, 5.74) is 1.09. The zero-order valence-corrected chi connectivity index (χ0v) is 15.8. The molecule has 1 aliphatic rings. The molecule has 0 aliphatic carbocycles. The Morgan fingerprint density at radius 3 is 2.38 bits per heavy atom. The van der Waals surface area contributed by atoms with E-state index in [0.29, 0.717) is 37.1 Å². The smallest absolute Gasteiger partial charge is 0.387 e. The number of rotatable bonds is 6. The van der Waals surface area contributed by atoms with Gasteiger partial charge in [0.15, 0.2) is 0 Å². The Morgan fingerprint density at radius 1 is 1.03 bits per heavy atom. The number of urea groups is 1. The lowest BCUT2D eigenvalue weighted by Crippen LogP contribution is -2.49. The molecule has 0 unspecified atom stereocenters. The molecule has 0 bridgehead atoms. The number of alkyl halides is 2. The van der Waals surface area contributed by atoms with Crippen molar-refractivity contribution in [2.75, 3.05) is 13.1 Å². The van der Waals surface area contributed by atoms with E-state index in [4.69, 9.17) is 0 Å². The molecule has 1 aliphatic heterocycles. The summed E-state index contributed by atoms with van der Waals surface area (Å²) in [5.74, 6) is -0.0747. The van der Waals surface area contributed by atoms with Gasteiger partial charge < -0.3 is 20.3 Å². The summed E-state index contributed by atoms with van der Waals surface area (Å²) in [4.78, 5) is 26.3. The molecule has 0 spiro atoms. The number of likely N-dealkylation sites (tertiary alicyclic amines) is 1. The third-order valence-electron chi connectivity index (χ3n) is 4.77. The van der Waals surface area contributed by atoms with Crippen LogP contribution >= 0.6 is 0 Å². The number of ether oxygens (including phenoxy) is 1. The first-order valence-electron chi connectivity index (χ1n) is 9.44. The van der Waals surface area contributed by atoms with Crippen LogP contribution < -0.4 is 15.4 Å². The number of nitrogens with one attached hydrogen (secondary N) is 2. The fourth-order valence-electron chi connectivity index (χ4n) is 3.23. The highest BCUT2D eigenvalue weighted by Crippen LogP contribution is 2.20. The molecule has 1 heterocycles. The molecule has 0 radical (unpaired) electrons. The number of carbonyl (C=O) groups is 2. The van der Waals surface area contributed by atoms with Gasteiger partial charge in [-0.15, -0.1) is 0 Å².